The summed E-state index contributed by atoms with van der Waals surface area (Å²) in [6, 6.07) is 8.15. The SMILES string of the molecule is Cn1c(SCCc2nc3sc4c(c3c(=O)[nH]2)CCCC4)nc2ccccc21. The topological polar surface area (TPSA) is 63.6 Å². The lowest BCUT2D eigenvalue weighted by Crippen LogP contribution is -2.13. The quantitative estimate of drug-likeness (QED) is 0.528. The lowest BCUT2D eigenvalue weighted by atomic mass is 9.97. The molecule has 7 heteroatoms. The number of para-hydroxylation sites is 2. The van der Waals surface area contributed by atoms with Crippen LogP contribution in [0.2, 0.25) is 0 Å². The number of fused-ring (bicyclic) bond motifs is 4. The van der Waals surface area contributed by atoms with E-state index in [1.54, 1.807) is 23.1 Å². The van der Waals surface area contributed by atoms with Crippen LogP contribution in [0, 0.1) is 0 Å². The summed E-state index contributed by atoms with van der Waals surface area (Å²) in [5.74, 6) is 1.61. The van der Waals surface area contributed by atoms with Gasteiger partial charge in [-0.25, -0.2) is 9.97 Å². The standard InChI is InChI=1S/C20H20N4OS2/c1-24-14-8-4-3-7-13(14)21-20(24)26-11-10-16-22-18(25)17-12-6-2-5-9-15(12)27-19(17)23-16/h3-4,7-8H,2,5-6,9-11H2,1H3,(H,22,23,25). The molecule has 4 aromatic rings. The van der Waals surface area contributed by atoms with E-state index in [1.807, 2.05) is 25.2 Å². The summed E-state index contributed by atoms with van der Waals surface area (Å²) < 4.78 is 2.12. The van der Waals surface area contributed by atoms with Crippen molar-refractivity contribution in [1.29, 1.82) is 0 Å². The molecule has 0 saturated carbocycles. The number of aromatic nitrogens is 4. The van der Waals surface area contributed by atoms with Crippen LogP contribution < -0.4 is 5.56 Å². The lowest BCUT2D eigenvalue weighted by Gasteiger charge is -2.09. The molecule has 0 fully saturated rings. The number of hydrogen-bond donors (Lipinski definition) is 1. The Balaban J connectivity index is 1.37. The number of aromatic amines is 1. The molecule has 0 unspecified atom stereocenters. The number of benzene rings is 1. The average Bonchev–Trinajstić information content (AvgIpc) is 3.20. The first kappa shape index (κ1) is 17.0. The van der Waals surface area contributed by atoms with Gasteiger partial charge in [-0.05, 0) is 43.4 Å². The van der Waals surface area contributed by atoms with Crippen LogP contribution in [0.25, 0.3) is 21.3 Å². The Labute approximate surface area is 164 Å². The molecule has 3 aromatic heterocycles. The largest absolute Gasteiger partial charge is 0.322 e. The van der Waals surface area contributed by atoms with Crippen molar-refractivity contribution in [3.05, 3.63) is 50.9 Å². The molecule has 0 radical (unpaired) electrons. The van der Waals surface area contributed by atoms with Gasteiger partial charge in [0.15, 0.2) is 5.16 Å². The normalized spacial score (nSPS) is 14.1. The summed E-state index contributed by atoms with van der Waals surface area (Å²) in [6.07, 6.45) is 5.23. The number of aryl methyl sites for hydroxylation is 4. The minimum atomic E-state index is 0.0298. The molecular weight excluding hydrogens is 376 g/mol. The molecule has 5 rings (SSSR count). The molecule has 1 N–H and O–H groups in total. The highest BCUT2D eigenvalue weighted by Gasteiger charge is 2.19. The molecule has 1 aromatic carbocycles. The first-order valence-corrected chi connectivity index (χ1v) is 11.1. The molecule has 138 valence electrons. The van der Waals surface area contributed by atoms with Crippen molar-refractivity contribution < 1.29 is 0 Å². The molecule has 1 aliphatic carbocycles. The van der Waals surface area contributed by atoms with E-state index < -0.39 is 0 Å². The van der Waals surface area contributed by atoms with Crippen LogP contribution in [0.1, 0.15) is 29.1 Å². The fraction of sp³-hybridized carbons (Fsp3) is 0.350. The van der Waals surface area contributed by atoms with Gasteiger partial charge in [0.05, 0.1) is 16.4 Å². The monoisotopic (exact) mass is 396 g/mol. The van der Waals surface area contributed by atoms with Crippen LogP contribution in [0.15, 0.2) is 34.2 Å². The minimum absolute atomic E-state index is 0.0298. The Morgan fingerprint density at radius 2 is 2.07 bits per heavy atom. The maximum atomic E-state index is 12.6. The summed E-state index contributed by atoms with van der Waals surface area (Å²) in [5, 5.41) is 1.83. The summed E-state index contributed by atoms with van der Waals surface area (Å²) in [6.45, 7) is 0. The first-order valence-electron chi connectivity index (χ1n) is 9.28. The molecule has 5 nitrogen and oxygen atoms in total. The van der Waals surface area contributed by atoms with Gasteiger partial charge in [-0.2, -0.15) is 0 Å². The number of nitrogens with zero attached hydrogens (tertiary/aromatic N) is 3. The molecule has 27 heavy (non-hydrogen) atoms. The summed E-state index contributed by atoms with van der Waals surface area (Å²) in [7, 11) is 2.04. The van der Waals surface area contributed by atoms with Crippen LogP contribution in [-0.2, 0) is 26.3 Å². The number of imidazole rings is 1. The molecule has 0 aliphatic heterocycles. The van der Waals surface area contributed by atoms with Gasteiger partial charge < -0.3 is 9.55 Å². The highest BCUT2D eigenvalue weighted by Crippen LogP contribution is 2.33. The zero-order valence-corrected chi connectivity index (χ0v) is 16.8. The predicted octanol–water partition coefficient (Wildman–Crippen LogP) is 4.08. The highest BCUT2D eigenvalue weighted by atomic mass is 32.2. The second-order valence-corrected chi connectivity index (χ2v) is 9.09. The number of rotatable bonds is 4. The molecule has 0 amide bonds. The van der Waals surface area contributed by atoms with Crippen LogP contribution in [0.4, 0.5) is 0 Å². The van der Waals surface area contributed by atoms with Crippen molar-refractivity contribution in [1.82, 2.24) is 19.5 Å². The van der Waals surface area contributed by atoms with Crippen LogP contribution in [0.5, 0.6) is 0 Å². The second-order valence-electron chi connectivity index (χ2n) is 6.94. The highest BCUT2D eigenvalue weighted by molar-refractivity contribution is 7.99. The van der Waals surface area contributed by atoms with E-state index in [0.717, 1.165) is 57.2 Å². The Kier molecular flexibility index (Phi) is 4.28. The van der Waals surface area contributed by atoms with E-state index in [1.165, 1.54) is 23.3 Å². The minimum Gasteiger partial charge on any atom is -0.322 e. The summed E-state index contributed by atoms with van der Waals surface area (Å²) in [4.78, 5) is 27.4. The summed E-state index contributed by atoms with van der Waals surface area (Å²) in [5.41, 5.74) is 3.43. The van der Waals surface area contributed by atoms with Gasteiger partial charge in [0.2, 0.25) is 0 Å². The van der Waals surface area contributed by atoms with Crippen molar-refractivity contribution >= 4 is 44.3 Å². The molecule has 0 saturated heterocycles. The van der Waals surface area contributed by atoms with E-state index in [2.05, 4.69) is 15.6 Å². The molecule has 0 bridgehead atoms. The number of nitrogens with one attached hydrogen (secondary N) is 1. The third kappa shape index (κ3) is 2.99. The van der Waals surface area contributed by atoms with Gasteiger partial charge in [0, 0.05) is 24.1 Å². The second kappa shape index (κ2) is 6.80. The fourth-order valence-electron chi connectivity index (χ4n) is 3.82. The number of thiophene rings is 1. The Hall–Kier alpha value is -2.12. The zero-order chi connectivity index (χ0) is 18.4. The van der Waals surface area contributed by atoms with E-state index >= 15 is 0 Å². The lowest BCUT2D eigenvalue weighted by molar-refractivity contribution is 0.700. The van der Waals surface area contributed by atoms with Gasteiger partial charge in [-0.15, -0.1) is 11.3 Å². The maximum Gasteiger partial charge on any atom is 0.259 e. The van der Waals surface area contributed by atoms with Gasteiger partial charge >= 0.3 is 0 Å². The first-order chi connectivity index (χ1) is 13.2. The molecule has 3 heterocycles. The number of thioether (sulfide) groups is 1. The van der Waals surface area contributed by atoms with E-state index in [-0.39, 0.29) is 5.56 Å². The Morgan fingerprint density at radius 1 is 1.22 bits per heavy atom. The molecular formula is C20H20N4OS2. The fourth-order valence-corrected chi connectivity index (χ4v) is 6.03. The summed E-state index contributed by atoms with van der Waals surface area (Å²) >= 11 is 3.41. The van der Waals surface area contributed by atoms with E-state index in [4.69, 9.17) is 9.97 Å². The third-order valence-electron chi connectivity index (χ3n) is 5.19. The van der Waals surface area contributed by atoms with Crippen LogP contribution >= 0.6 is 23.1 Å². The van der Waals surface area contributed by atoms with Gasteiger partial charge in [0.25, 0.3) is 5.56 Å². The average molecular weight is 397 g/mol. The maximum absolute atomic E-state index is 12.6. The third-order valence-corrected chi connectivity index (χ3v) is 7.41. The Bertz CT molecular complexity index is 1200. The predicted molar refractivity (Wildman–Crippen MR) is 112 cm³/mol. The molecule has 1 aliphatic rings. The van der Waals surface area contributed by atoms with Crippen LogP contribution in [-0.4, -0.2) is 25.3 Å². The van der Waals surface area contributed by atoms with Crippen molar-refractivity contribution in [2.45, 2.75) is 37.3 Å². The van der Waals surface area contributed by atoms with Crippen molar-refractivity contribution in [3.8, 4) is 0 Å². The molecule has 0 atom stereocenters. The van der Waals surface area contributed by atoms with Crippen LogP contribution in [0.3, 0.4) is 0 Å². The van der Waals surface area contributed by atoms with Gasteiger partial charge in [-0.3, -0.25) is 4.79 Å². The number of hydrogen-bond acceptors (Lipinski definition) is 5. The smallest absolute Gasteiger partial charge is 0.259 e. The number of H-pyrrole nitrogens is 1. The van der Waals surface area contributed by atoms with E-state index in [0.29, 0.717) is 0 Å². The van der Waals surface area contributed by atoms with Crippen molar-refractivity contribution in [3.63, 3.8) is 0 Å². The zero-order valence-electron chi connectivity index (χ0n) is 15.1. The van der Waals surface area contributed by atoms with E-state index in [9.17, 15) is 4.79 Å². The Morgan fingerprint density at radius 3 is 2.96 bits per heavy atom. The van der Waals surface area contributed by atoms with Gasteiger partial charge in [-0.1, -0.05) is 23.9 Å². The van der Waals surface area contributed by atoms with Gasteiger partial charge in [0.1, 0.15) is 10.7 Å². The van der Waals surface area contributed by atoms with Crippen molar-refractivity contribution in [2.75, 3.05) is 5.75 Å². The van der Waals surface area contributed by atoms with Crippen molar-refractivity contribution in [2.24, 2.45) is 7.05 Å². The molecule has 0 spiro atoms.